The topological polar surface area (TPSA) is 55.8 Å². The van der Waals surface area contributed by atoms with E-state index in [9.17, 15) is 9.59 Å². The Bertz CT molecular complexity index is 1030. The zero-order valence-corrected chi connectivity index (χ0v) is 20.3. The van der Waals surface area contributed by atoms with Gasteiger partial charge in [-0.25, -0.2) is 0 Å². The lowest BCUT2D eigenvalue weighted by Crippen LogP contribution is -2.34. The van der Waals surface area contributed by atoms with Gasteiger partial charge in [0.1, 0.15) is 6.61 Å². The summed E-state index contributed by atoms with van der Waals surface area (Å²) in [4.78, 5) is 27.3. The summed E-state index contributed by atoms with van der Waals surface area (Å²) in [6.45, 7) is 3.31. The van der Waals surface area contributed by atoms with Crippen LogP contribution in [-0.4, -0.2) is 29.2 Å². The number of benzene rings is 2. The normalized spacial score (nSPS) is 18.2. The van der Waals surface area contributed by atoms with Crippen LogP contribution < -0.4 is 9.47 Å². The highest BCUT2D eigenvalue weighted by Crippen LogP contribution is 2.36. The highest BCUT2D eigenvalue weighted by Gasteiger charge is 2.36. The summed E-state index contributed by atoms with van der Waals surface area (Å²) in [6, 6.07) is 13.0. The van der Waals surface area contributed by atoms with Crippen LogP contribution in [0, 0.1) is 5.92 Å². The van der Waals surface area contributed by atoms with Gasteiger partial charge in [0.05, 0.1) is 11.5 Å². The monoisotopic (exact) mass is 485 g/mol. The van der Waals surface area contributed by atoms with Crippen LogP contribution in [0.5, 0.6) is 11.5 Å². The molecule has 4 rings (SSSR count). The molecule has 1 aliphatic carbocycles. The Labute approximate surface area is 204 Å². The molecule has 174 valence electrons. The van der Waals surface area contributed by atoms with E-state index in [1.807, 2.05) is 49.4 Å². The first kappa shape index (κ1) is 23.7. The van der Waals surface area contributed by atoms with E-state index in [0.717, 1.165) is 35.7 Å². The number of imide groups is 1. The predicted molar refractivity (Wildman–Crippen MR) is 133 cm³/mol. The largest absolute Gasteiger partial charge is 0.490 e. The molecule has 5 nitrogen and oxygen atoms in total. The van der Waals surface area contributed by atoms with Gasteiger partial charge in [0.2, 0.25) is 0 Å². The molecule has 0 radical (unpaired) electrons. The van der Waals surface area contributed by atoms with E-state index in [1.165, 1.54) is 24.2 Å². The second kappa shape index (κ2) is 11.1. The van der Waals surface area contributed by atoms with E-state index in [1.54, 1.807) is 6.08 Å². The van der Waals surface area contributed by atoms with Gasteiger partial charge in [-0.05, 0) is 78.9 Å². The fourth-order valence-electron chi connectivity index (χ4n) is 4.18. The fourth-order valence-corrected chi connectivity index (χ4v) is 5.15. The summed E-state index contributed by atoms with van der Waals surface area (Å²) in [5, 5.41) is 0.506. The number of thioether (sulfide) groups is 1. The van der Waals surface area contributed by atoms with Crippen molar-refractivity contribution < 1.29 is 19.1 Å². The summed E-state index contributed by atoms with van der Waals surface area (Å²) < 4.78 is 11.7. The van der Waals surface area contributed by atoms with Crippen molar-refractivity contribution in [3.63, 3.8) is 0 Å². The van der Waals surface area contributed by atoms with Crippen molar-refractivity contribution in [3.05, 3.63) is 63.5 Å². The molecule has 1 heterocycles. The summed E-state index contributed by atoms with van der Waals surface area (Å²) in [7, 11) is 0. The number of rotatable bonds is 8. The summed E-state index contributed by atoms with van der Waals surface area (Å²) >= 11 is 6.96. The van der Waals surface area contributed by atoms with Crippen LogP contribution in [0.15, 0.2) is 47.4 Å². The lowest BCUT2D eigenvalue weighted by Gasteiger charge is -2.25. The maximum atomic E-state index is 12.9. The molecular formula is C26H28ClNO4S. The molecule has 0 spiro atoms. The number of amides is 2. The Kier molecular flexibility index (Phi) is 7.99. The van der Waals surface area contributed by atoms with Crippen LogP contribution in [0.3, 0.4) is 0 Å². The Morgan fingerprint density at radius 1 is 1.03 bits per heavy atom. The van der Waals surface area contributed by atoms with Crippen molar-refractivity contribution in [1.82, 2.24) is 4.90 Å². The van der Waals surface area contributed by atoms with Crippen LogP contribution in [0.25, 0.3) is 6.08 Å². The lowest BCUT2D eigenvalue weighted by atomic mass is 9.89. The zero-order chi connectivity index (χ0) is 23.2. The van der Waals surface area contributed by atoms with E-state index < -0.39 is 0 Å². The van der Waals surface area contributed by atoms with E-state index in [-0.39, 0.29) is 11.1 Å². The van der Waals surface area contributed by atoms with E-state index >= 15 is 0 Å². The first-order valence-electron chi connectivity index (χ1n) is 11.4. The Morgan fingerprint density at radius 2 is 1.79 bits per heavy atom. The van der Waals surface area contributed by atoms with Crippen molar-refractivity contribution in [2.24, 2.45) is 5.92 Å². The second-order valence-electron chi connectivity index (χ2n) is 8.35. The van der Waals surface area contributed by atoms with Crippen LogP contribution in [0.4, 0.5) is 4.79 Å². The average Bonchev–Trinajstić information content (AvgIpc) is 3.08. The van der Waals surface area contributed by atoms with Gasteiger partial charge in [0.25, 0.3) is 11.1 Å². The molecule has 2 aromatic carbocycles. The van der Waals surface area contributed by atoms with E-state index in [0.29, 0.717) is 47.1 Å². The van der Waals surface area contributed by atoms with Crippen molar-refractivity contribution >= 4 is 40.6 Å². The van der Waals surface area contributed by atoms with Gasteiger partial charge in [-0.15, -0.1) is 0 Å². The fraction of sp³-hybridized carbons (Fsp3) is 0.385. The van der Waals surface area contributed by atoms with E-state index in [4.69, 9.17) is 21.1 Å². The minimum atomic E-state index is -0.198. The minimum absolute atomic E-state index is 0.176. The van der Waals surface area contributed by atoms with Crippen LogP contribution >= 0.6 is 23.4 Å². The summed E-state index contributed by atoms with van der Waals surface area (Å²) in [5.74, 6) is 1.45. The summed E-state index contributed by atoms with van der Waals surface area (Å²) in [6.07, 6.45) is 7.57. The third-order valence-electron chi connectivity index (χ3n) is 5.91. The molecule has 1 saturated carbocycles. The molecule has 0 bridgehead atoms. The number of ether oxygens (including phenoxy) is 2. The summed E-state index contributed by atoms with van der Waals surface area (Å²) in [5.41, 5.74) is 1.79. The van der Waals surface area contributed by atoms with Crippen molar-refractivity contribution in [3.8, 4) is 11.5 Å². The quantitative estimate of drug-likeness (QED) is 0.379. The highest BCUT2D eigenvalue weighted by atomic mass is 35.5. The first-order chi connectivity index (χ1) is 16.0. The second-order valence-corrected chi connectivity index (χ2v) is 9.78. The van der Waals surface area contributed by atoms with Gasteiger partial charge in [-0.2, -0.15) is 0 Å². The molecule has 2 amide bonds. The van der Waals surface area contributed by atoms with Gasteiger partial charge >= 0.3 is 0 Å². The standard InChI is InChI=1S/C26H28ClNO4S/c1-2-31-23-14-20(10-13-22(23)32-17-19-8-11-21(27)12-9-19)15-24-25(29)28(26(30)33-24)16-18-6-4-3-5-7-18/h8-15,18H,2-7,16-17H2,1H3/b24-15+. The molecule has 0 aromatic heterocycles. The van der Waals surface area contributed by atoms with Gasteiger partial charge in [-0.1, -0.05) is 49.1 Å². The van der Waals surface area contributed by atoms with Gasteiger partial charge < -0.3 is 9.47 Å². The number of hydrogen-bond acceptors (Lipinski definition) is 5. The molecule has 1 saturated heterocycles. The number of carbonyl (C=O) groups excluding carboxylic acids is 2. The maximum absolute atomic E-state index is 12.9. The van der Waals surface area contributed by atoms with Crippen molar-refractivity contribution in [2.45, 2.75) is 45.6 Å². The zero-order valence-electron chi connectivity index (χ0n) is 18.7. The molecule has 0 unspecified atom stereocenters. The van der Waals surface area contributed by atoms with E-state index in [2.05, 4.69) is 0 Å². The molecule has 33 heavy (non-hydrogen) atoms. The molecule has 1 aliphatic heterocycles. The predicted octanol–water partition coefficient (Wildman–Crippen LogP) is 6.93. The number of hydrogen-bond donors (Lipinski definition) is 0. The third-order valence-corrected chi connectivity index (χ3v) is 7.07. The highest BCUT2D eigenvalue weighted by molar-refractivity contribution is 8.18. The molecule has 2 fully saturated rings. The van der Waals surface area contributed by atoms with Crippen molar-refractivity contribution in [2.75, 3.05) is 13.2 Å². The first-order valence-corrected chi connectivity index (χ1v) is 12.6. The van der Waals surface area contributed by atoms with Gasteiger partial charge in [-0.3, -0.25) is 14.5 Å². The van der Waals surface area contributed by atoms with Gasteiger partial charge in [0.15, 0.2) is 11.5 Å². The smallest absolute Gasteiger partial charge is 0.293 e. The Balaban J connectivity index is 1.46. The third kappa shape index (κ3) is 6.12. The SMILES string of the molecule is CCOc1cc(/C=C2/SC(=O)N(CC3CCCCC3)C2=O)ccc1OCc1ccc(Cl)cc1. The Morgan fingerprint density at radius 3 is 2.52 bits per heavy atom. The molecule has 0 N–H and O–H groups in total. The molecule has 7 heteroatoms. The molecule has 2 aliphatic rings. The molecule has 2 aromatic rings. The molecular weight excluding hydrogens is 458 g/mol. The molecule has 0 atom stereocenters. The number of nitrogens with zero attached hydrogens (tertiary/aromatic N) is 1. The Hall–Kier alpha value is -2.44. The lowest BCUT2D eigenvalue weighted by molar-refractivity contribution is -0.123. The van der Waals surface area contributed by atoms with Crippen LogP contribution in [0.2, 0.25) is 5.02 Å². The number of carbonyl (C=O) groups is 2. The maximum Gasteiger partial charge on any atom is 0.293 e. The van der Waals surface area contributed by atoms with Gasteiger partial charge in [0, 0.05) is 11.6 Å². The minimum Gasteiger partial charge on any atom is -0.490 e. The van der Waals surface area contributed by atoms with Crippen molar-refractivity contribution in [1.29, 1.82) is 0 Å². The average molecular weight is 486 g/mol. The number of halogens is 1. The van der Waals surface area contributed by atoms with Crippen LogP contribution in [0.1, 0.15) is 50.2 Å². The van der Waals surface area contributed by atoms with Crippen LogP contribution in [-0.2, 0) is 11.4 Å².